The Balaban J connectivity index is 1.87. The summed E-state index contributed by atoms with van der Waals surface area (Å²) in [5.41, 5.74) is 7.52. The molecule has 0 amide bonds. The summed E-state index contributed by atoms with van der Waals surface area (Å²) < 4.78 is 6.74. The van der Waals surface area contributed by atoms with E-state index in [0.717, 1.165) is 21.5 Å². The minimum atomic E-state index is 0.528. The highest BCUT2D eigenvalue weighted by Gasteiger charge is 2.06. The normalized spacial score (nSPS) is 10.8. The summed E-state index contributed by atoms with van der Waals surface area (Å²) in [5.74, 6) is 0.752. The van der Waals surface area contributed by atoms with Crippen molar-refractivity contribution < 1.29 is 4.74 Å². The molecule has 0 fully saturated rings. The molecule has 3 aromatic rings. The van der Waals surface area contributed by atoms with E-state index in [0.29, 0.717) is 16.8 Å². The van der Waals surface area contributed by atoms with E-state index in [-0.39, 0.29) is 0 Å². The van der Waals surface area contributed by atoms with Gasteiger partial charge in [0.05, 0.1) is 10.2 Å². The summed E-state index contributed by atoms with van der Waals surface area (Å²) in [7, 11) is 0. The van der Waals surface area contributed by atoms with Gasteiger partial charge >= 0.3 is 0 Å². The standard InChI is InChI=1S/C14H11ClN2OS/c15-10-3-6-12-13(7-10)19-14(17-12)18-11-4-1-9(8-16)2-5-11/h1-7H,8,16H2. The SMILES string of the molecule is NCc1ccc(Oc2nc3ccc(Cl)cc3s2)cc1. The predicted molar refractivity (Wildman–Crippen MR) is 79.0 cm³/mol. The molecule has 2 aromatic carbocycles. The predicted octanol–water partition coefficient (Wildman–Crippen LogP) is 4.20. The Morgan fingerprint density at radius 3 is 2.68 bits per heavy atom. The van der Waals surface area contributed by atoms with E-state index in [4.69, 9.17) is 22.1 Å². The lowest BCUT2D eigenvalue weighted by Gasteiger charge is -2.02. The van der Waals surface area contributed by atoms with Crippen molar-refractivity contribution >= 4 is 33.2 Å². The topological polar surface area (TPSA) is 48.1 Å². The van der Waals surface area contributed by atoms with Gasteiger partial charge in [-0.15, -0.1) is 0 Å². The quantitative estimate of drug-likeness (QED) is 0.786. The van der Waals surface area contributed by atoms with Crippen molar-refractivity contribution in [3.8, 4) is 10.9 Å². The second kappa shape index (κ2) is 5.17. The molecule has 96 valence electrons. The van der Waals surface area contributed by atoms with E-state index < -0.39 is 0 Å². The number of nitrogens with two attached hydrogens (primary N) is 1. The van der Waals surface area contributed by atoms with Gasteiger partial charge in [-0.2, -0.15) is 0 Å². The molecular formula is C14H11ClN2OS. The van der Waals surface area contributed by atoms with Crippen molar-refractivity contribution in [2.24, 2.45) is 5.73 Å². The fourth-order valence-corrected chi connectivity index (χ4v) is 2.83. The molecule has 5 heteroatoms. The third-order valence-electron chi connectivity index (χ3n) is 2.70. The summed E-state index contributed by atoms with van der Waals surface area (Å²) in [4.78, 5) is 4.40. The molecule has 0 saturated carbocycles. The second-order valence-corrected chi connectivity index (χ2v) is 5.47. The van der Waals surface area contributed by atoms with Crippen LogP contribution in [0.4, 0.5) is 0 Å². The van der Waals surface area contributed by atoms with E-state index in [2.05, 4.69) is 4.98 Å². The Hall–Kier alpha value is -1.62. The van der Waals surface area contributed by atoms with Crippen LogP contribution >= 0.6 is 22.9 Å². The fourth-order valence-electron chi connectivity index (χ4n) is 1.72. The molecule has 0 atom stereocenters. The van der Waals surface area contributed by atoms with Gasteiger partial charge in [0.2, 0.25) is 0 Å². The minimum Gasteiger partial charge on any atom is -0.431 e. The molecule has 0 saturated heterocycles. The zero-order valence-corrected chi connectivity index (χ0v) is 11.5. The summed E-state index contributed by atoms with van der Waals surface area (Å²) in [6.45, 7) is 0.528. The van der Waals surface area contributed by atoms with Crippen LogP contribution in [0.2, 0.25) is 5.02 Å². The maximum Gasteiger partial charge on any atom is 0.279 e. The Morgan fingerprint density at radius 1 is 1.16 bits per heavy atom. The van der Waals surface area contributed by atoms with Crippen molar-refractivity contribution in [3.05, 3.63) is 53.1 Å². The molecule has 2 N–H and O–H groups in total. The monoisotopic (exact) mass is 290 g/mol. The minimum absolute atomic E-state index is 0.528. The molecule has 19 heavy (non-hydrogen) atoms. The number of aromatic nitrogens is 1. The van der Waals surface area contributed by atoms with E-state index in [9.17, 15) is 0 Å². The Bertz CT molecular complexity index is 709. The molecule has 0 aliphatic heterocycles. The highest BCUT2D eigenvalue weighted by molar-refractivity contribution is 7.20. The molecule has 0 aliphatic carbocycles. The maximum atomic E-state index is 5.95. The number of hydrogen-bond acceptors (Lipinski definition) is 4. The Labute approximate surface area is 119 Å². The highest BCUT2D eigenvalue weighted by Crippen LogP contribution is 2.32. The van der Waals surface area contributed by atoms with E-state index in [1.807, 2.05) is 42.5 Å². The molecular weight excluding hydrogens is 280 g/mol. The number of thiazole rings is 1. The summed E-state index contributed by atoms with van der Waals surface area (Å²) in [5, 5.41) is 1.31. The van der Waals surface area contributed by atoms with Crippen LogP contribution in [0.5, 0.6) is 10.9 Å². The number of benzene rings is 2. The number of rotatable bonds is 3. The summed E-state index contributed by atoms with van der Waals surface area (Å²) >= 11 is 7.42. The van der Waals surface area contributed by atoms with Gasteiger partial charge in [-0.05, 0) is 35.9 Å². The van der Waals surface area contributed by atoms with Crippen LogP contribution in [-0.4, -0.2) is 4.98 Å². The zero-order valence-electron chi connectivity index (χ0n) is 9.97. The van der Waals surface area contributed by atoms with Crippen molar-refractivity contribution in [1.29, 1.82) is 0 Å². The lowest BCUT2D eigenvalue weighted by Crippen LogP contribution is -1.95. The highest BCUT2D eigenvalue weighted by atomic mass is 35.5. The third kappa shape index (κ3) is 2.71. The molecule has 3 rings (SSSR count). The smallest absolute Gasteiger partial charge is 0.279 e. The van der Waals surface area contributed by atoms with Gasteiger partial charge in [0.25, 0.3) is 5.19 Å². The first-order chi connectivity index (χ1) is 9.24. The van der Waals surface area contributed by atoms with Gasteiger partial charge in [0.1, 0.15) is 5.75 Å². The molecule has 0 radical (unpaired) electrons. The maximum absolute atomic E-state index is 5.95. The molecule has 0 spiro atoms. The first-order valence-corrected chi connectivity index (χ1v) is 6.97. The largest absolute Gasteiger partial charge is 0.431 e. The van der Waals surface area contributed by atoms with Gasteiger partial charge in [-0.3, -0.25) is 0 Å². The summed E-state index contributed by atoms with van der Waals surface area (Å²) in [6.07, 6.45) is 0. The van der Waals surface area contributed by atoms with Crippen LogP contribution in [0.1, 0.15) is 5.56 Å². The van der Waals surface area contributed by atoms with Gasteiger partial charge in [0, 0.05) is 11.6 Å². The van der Waals surface area contributed by atoms with Gasteiger partial charge in [0.15, 0.2) is 0 Å². The van der Waals surface area contributed by atoms with Crippen LogP contribution in [0.25, 0.3) is 10.2 Å². The number of ether oxygens (including phenoxy) is 1. The Kier molecular flexibility index (Phi) is 3.38. The van der Waals surface area contributed by atoms with Gasteiger partial charge < -0.3 is 10.5 Å². The van der Waals surface area contributed by atoms with E-state index >= 15 is 0 Å². The van der Waals surface area contributed by atoms with Crippen molar-refractivity contribution in [2.75, 3.05) is 0 Å². The van der Waals surface area contributed by atoms with E-state index in [1.165, 1.54) is 11.3 Å². The fraction of sp³-hybridized carbons (Fsp3) is 0.0714. The average molecular weight is 291 g/mol. The molecule has 0 bridgehead atoms. The van der Waals surface area contributed by atoms with Gasteiger partial charge in [-0.1, -0.05) is 35.1 Å². The van der Waals surface area contributed by atoms with E-state index in [1.54, 1.807) is 0 Å². The first-order valence-electron chi connectivity index (χ1n) is 5.77. The molecule has 1 aromatic heterocycles. The van der Waals surface area contributed by atoms with Crippen LogP contribution in [-0.2, 0) is 6.54 Å². The molecule has 0 aliphatic rings. The summed E-state index contributed by atoms with van der Waals surface area (Å²) in [6, 6.07) is 13.3. The van der Waals surface area contributed by atoms with Crippen LogP contribution in [0.3, 0.4) is 0 Å². The zero-order chi connectivity index (χ0) is 13.2. The number of nitrogens with zero attached hydrogens (tertiary/aromatic N) is 1. The third-order valence-corrected chi connectivity index (χ3v) is 3.83. The van der Waals surface area contributed by atoms with Crippen LogP contribution in [0, 0.1) is 0 Å². The molecule has 0 unspecified atom stereocenters. The first kappa shape index (κ1) is 12.4. The molecule has 1 heterocycles. The lowest BCUT2D eigenvalue weighted by atomic mass is 10.2. The number of halogens is 1. The van der Waals surface area contributed by atoms with Crippen molar-refractivity contribution in [2.45, 2.75) is 6.54 Å². The van der Waals surface area contributed by atoms with Crippen molar-refractivity contribution in [1.82, 2.24) is 4.98 Å². The van der Waals surface area contributed by atoms with Crippen LogP contribution in [0.15, 0.2) is 42.5 Å². The van der Waals surface area contributed by atoms with Crippen molar-refractivity contribution in [3.63, 3.8) is 0 Å². The molecule has 3 nitrogen and oxygen atoms in total. The number of fused-ring (bicyclic) bond motifs is 1. The number of hydrogen-bond donors (Lipinski definition) is 1. The van der Waals surface area contributed by atoms with Crippen LogP contribution < -0.4 is 10.5 Å². The average Bonchev–Trinajstić information content (AvgIpc) is 2.81. The Morgan fingerprint density at radius 2 is 1.95 bits per heavy atom. The lowest BCUT2D eigenvalue weighted by molar-refractivity contribution is 0.480. The second-order valence-electron chi connectivity index (χ2n) is 4.04. The van der Waals surface area contributed by atoms with Gasteiger partial charge in [-0.25, -0.2) is 4.98 Å².